The second-order valence-corrected chi connectivity index (χ2v) is 7.59. The molecule has 2 aromatic carbocycles. The van der Waals surface area contributed by atoms with Crippen LogP contribution in [0.1, 0.15) is 34.1 Å². The molecule has 1 fully saturated rings. The fourth-order valence-electron chi connectivity index (χ4n) is 2.91. The van der Waals surface area contributed by atoms with E-state index in [9.17, 15) is 4.79 Å². The Bertz CT molecular complexity index is 625. The van der Waals surface area contributed by atoms with Gasteiger partial charge in [0.05, 0.1) is 0 Å². The molecule has 1 aliphatic heterocycles. The van der Waals surface area contributed by atoms with Crippen LogP contribution in [0, 0.1) is 0 Å². The topological polar surface area (TPSA) is 32.8 Å². The molecule has 2 aromatic rings. The summed E-state index contributed by atoms with van der Waals surface area (Å²) in [5.41, 5.74) is 2.35. The smallest absolute Gasteiger partial charge is 0.306 e. The van der Waals surface area contributed by atoms with Crippen molar-refractivity contribution in [3.05, 3.63) is 60.7 Å². The molecule has 1 heterocycles. The summed E-state index contributed by atoms with van der Waals surface area (Å²) < 4.78 is 4.95. The number of esters is 1. The number of nitrogens with zero attached hydrogens (tertiary/aromatic N) is 2. The zero-order valence-electron chi connectivity index (χ0n) is 17.0. The van der Waals surface area contributed by atoms with Crippen LogP contribution in [0.3, 0.4) is 0 Å². The molecule has 0 unspecified atom stereocenters. The van der Waals surface area contributed by atoms with E-state index >= 15 is 0 Å². The molecule has 0 saturated carbocycles. The average Bonchev–Trinajstić information content (AvgIpc) is 2.69. The highest BCUT2D eigenvalue weighted by molar-refractivity contribution is 5.69. The second kappa shape index (κ2) is 10.0. The van der Waals surface area contributed by atoms with Crippen molar-refractivity contribution in [2.75, 3.05) is 36.0 Å². The molecule has 4 heteroatoms. The summed E-state index contributed by atoms with van der Waals surface area (Å²) in [5.74, 6) is -0.137. The number of hydrogen-bond acceptors (Lipinski definition) is 4. The molecule has 27 heavy (non-hydrogen) atoms. The molecule has 0 N–H and O–H groups in total. The van der Waals surface area contributed by atoms with Crippen molar-refractivity contribution in [1.29, 1.82) is 0 Å². The first-order chi connectivity index (χ1) is 12.9. The molecule has 0 aromatic heterocycles. The highest BCUT2D eigenvalue weighted by Gasteiger charge is 2.17. The standard InChI is InChI=1S/C16H18N2.C7H14O2/c1-3-7-15(8-4-1)17-11-13-18(14-12-17)16-9-5-2-6-10-16;1-5-6(8)9-7(2,3)4/h1-10H,11-14H2;5H2,1-4H3. The Morgan fingerprint density at radius 1 is 0.815 bits per heavy atom. The van der Waals surface area contributed by atoms with Gasteiger partial charge in [-0.25, -0.2) is 0 Å². The quantitative estimate of drug-likeness (QED) is 0.732. The first kappa shape index (κ1) is 20.8. The van der Waals surface area contributed by atoms with E-state index in [1.54, 1.807) is 6.92 Å². The molecule has 0 atom stereocenters. The third-order valence-corrected chi connectivity index (χ3v) is 4.23. The van der Waals surface area contributed by atoms with Gasteiger partial charge in [-0.2, -0.15) is 0 Å². The van der Waals surface area contributed by atoms with E-state index in [0.717, 1.165) is 26.2 Å². The maximum Gasteiger partial charge on any atom is 0.306 e. The monoisotopic (exact) mass is 368 g/mol. The summed E-state index contributed by atoms with van der Waals surface area (Å²) in [6.45, 7) is 11.8. The SMILES string of the molecule is CCC(=O)OC(C)(C)C.c1ccc(N2CCN(c3ccccc3)CC2)cc1. The molecule has 0 amide bonds. The Labute approximate surface area is 163 Å². The molecule has 0 aliphatic carbocycles. The van der Waals surface area contributed by atoms with E-state index in [-0.39, 0.29) is 11.6 Å². The van der Waals surface area contributed by atoms with Crippen molar-refractivity contribution in [3.63, 3.8) is 0 Å². The van der Waals surface area contributed by atoms with Gasteiger partial charge in [-0.05, 0) is 45.0 Å². The summed E-state index contributed by atoms with van der Waals surface area (Å²) in [7, 11) is 0. The molecular formula is C23H32N2O2. The van der Waals surface area contributed by atoms with Gasteiger partial charge in [0.1, 0.15) is 5.60 Å². The number of carbonyl (C=O) groups excluding carboxylic acids is 1. The van der Waals surface area contributed by atoms with Crippen molar-refractivity contribution in [2.24, 2.45) is 0 Å². The van der Waals surface area contributed by atoms with Gasteiger partial charge < -0.3 is 14.5 Å². The average molecular weight is 369 g/mol. The zero-order chi connectivity index (χ0) is 19.7. The van der Waals surface area contributed by atoms with Crippen LogP contribution >= 0.6 is 0 Å². The largest absolute Gasteiger partial charge is 0.460 e. The molecule has 0 radical (unpaired) electrons. The van der Waals surface area contributed by atoms with Gasteiger partial charge in [0, 0.05) is 44.0 Å². The number of para-hydroxylation sites is 2. The van der Waals surface area contributed by atoms with Crippen LogP contribution in [-0.4, -0.2) is 37.7 Å². The third kappa shape index (κ3) is 7.33. The van der Waals surface area contributed by atoms with Gasteiger partial charge in [-0.1, -0.05) is 43.3 Å². The molecule has 4 nitrogen and oxygen atoms in total. The van der Waals surface area contributed by atoms with Gasteiger partial charge in [0.15, 0.2) is 0 Å². The van der Waals surface area contributed by atoms with Crippen LogP contribution in [0.2, 0.25) is 0 Å². The predicted molar refractivity (Wildman–Crippen MR) is 113 cm³/mol. The number of carbonyl (C=O) groups is 1. The number of benzene rings is 2. The van der Waals surface area contributed by atoms with Crippen molar-refractivity contribution >= 4 is 17.3 Å². The Morgan fingerprint density at radius 3 is 1.44 bits per heavy atom. The van der Waals surface area contributed by atoms with Gasteiger partial charge in [-0.3, -0.25) is 4.79 Å². The van der Waals surface area contributed by atoms with E-state index in [1.807, 2.05) is 20.8 Å². The fraction of sp³-hybridized carbons (Fsp3) is 0.435. The Hall–Kier alpha value is -2.49. The minimum atomic E-state index is -0.326. The normalized spacial score (nSPS) is 14.2. The molecule has 146 valence electrons. The predicted octanol–water partition coefficient (Wildman–Crippen LogP) is 4.75. The van der Waals surface area contributed by atoms with Gasteiger partial charge in [-0.15, -0.1) is 0 Å². The number of anilines is 2. The van der Waals surface area contributed by atoms with E-state index in [2.05, 4.69) is 70.5 Å². The van der Waals surface area contributed by atoms with Crippen LogP contribution in [0.4, 0.5) is 11.4 Å². The van der Waals surface area contributed by atoms with Gasteiger partial charge in [0.25, 0.3) is 0 Å². The van der Waals surface area contributed by atoms with Crippen LogP contribution in [0.15, 0.2) is 60.7 Å². The van der Waals surface area contributed by atoms with E-state index < -0.39 is 0 Å². The minimum absolute atomic E-state index is 0.137. The summed E-state index contributed by atoms with van der Waals surface area (Å²) >= 11 is 0. The van der Waals surface area contributed by atoms with E-state index in [4.69, 9.17) is 4.74 Å². The lowest BCUT2D eigenvalue weighted by Crippen LogP contribution is -2.46. The van der Waals surface area contributed by atoms with Crippen molar-refractivity contribution in [2.45, 2.75) is 39.7 Å². The summed E-state index contributed by atoms with van der Waals surface area (Å²) in [5, 5.41) is 0. The highest BCUT2D eigenvalue weighted by Crippen LogP contribution is 2.19. The van der Waals surface area contributed by atoms with Crippen LogP contribution in [-0.2, 0) is 9.53 Å². The van der Waals surface area contributed by atoms with Crippen molar-refractivity contribution in [1.82, 2.24) is 0 Å². The van der Waals surface area contributed by atoms with E-state index in [0.29, 0.717) is 6.42 Å². The summed E-state index contributed by atoms with van der Waals surface area (Å²) in [4.78, 5) is 15.5. The Balaban J connectivity index is 0.000000249. The minimum Gasteiger partial charge on any atom is -0.460 e. The molecule has 0 spiro atoms. The summed E-state index contributed by atoms with van der Waals surface area (Å²) in [6, 6.07) is 21.4. The maximum absolute atomic E-state index is 10.6. The summed E-state index contributed by atoms with van der Waals surface area (Å²) in [6.07, 6.45) is 0.456. The maximum atomic E-state index is 10.6. The number of piperazine rings is 1. The molecule has 1 saturated heterocycles. The molecule has 0 bridgehead atoms. The van der Waals surface area contributed by atoms with Crippen LogP contribution in [0.5, 0.6) is 0 Å². The zero-order valence-corrected chi connectivity index (χ0v) is 17.0. The van der Waals surface area contributed by atoms with Gasteiger partial charge in [0.2, 0.25) is 0 Å². The van der Waals surface area contributed by atoms with Crippen molar-refractivity contribution < 1.29 is 9.53 Å². The second-order valence-electron chi connectivity index (χ2n) is 7.59. The van der Waals surface area contributed by atoms with Crippen molar-refractivity contribution in [3.8, 4) is 0 Å². The Kier molecular flexibility index (Phi) is 7.71. The van der Waals surface area contributed by atoms with Gasteiger partial charge >= 0.3 is 5.97 Å². The fourth-order valence-corrected chi connectivity index (χ4v) is 2.91. The van der Waals surface area contributed by atoms with E-state index in [1.165, 1.54) is 11.4 Å². The molecule has 3 rings (SSSR count). The Morgan fingerprint density at radius 2 is 1.19 bits per heavy atom. The number of hydrogen-bond donors (Lipinski definition) is 0. The molecule has 1 aliphatic rings. The van der Waals surface area contributed by atoms with Crippen LogP contribution < -0.4 is 9.80 Å². The van der Waals surface area contributed by atoms with Crippen LogP contribution in [0.25, 0.3) is 0 Å². The number of rotatable bonds is 3. The third-order valence-electron chi connectivity index (χ3n) is 4.23. The first-order valence-corrected chi connectivity index (χ1v) is 9.71. The lowest BCUT2D eigenvalue weighted by atomic mass is 10.2. The first-order valence-electron chi connectivity index (χ1n) is 9.71. The number of ether oxygens (including phenoxy) is 1. The lowest BCUT2D eigenvalue weighted by Gasteiger charge is -2.37. The highest BCUT2D eigenvalue weighted by atomic mass is 16.6. The lowest BCUT2D eigenvalue weighted by molar-refractivity contribution is -0.154. The molecular weight excluding hydrogens is 336 g/mol.